The summed E-state index contributed by atoms with van der Waals surface area (Å²) in [5, 5.41) is 5.94. The fourth-order valence-electron chi connectivity index (χ4n) is 1.51. The number of nitrogens with zero attached hydrogens (tertiary/aromatic N) is 3. The van der Waals surface area contributed by atoms with Gasteiger partial charge in [0.05, 0.1) is 5.02 Å². The van der Waals surface area contributed by atoms with Crippen LogP contribution in [0.2, 0.25) is 5.02 Å². The maximum absolute atomic E-state index is 5.88. The number of rotatable bonds is 5. The van der Waals surface area contributed by atoms with E-state index in [2.05, 4.69) is 27.2 Å². The number of aryl methyl sites for hydroxylation is 1. The second kappa shape index (κ2) is 5.97. The Balaban J connectivity index is 1.83. The van der Waals surface area contributed by atoms with Crippen LogP contribution in [-0.4, -0.2) is 21.0 Å². The van der Waals surface area contributed by atoms with E-state index >= 15 is 0 Å². The van der Waals surface area contributed by atoms with Gasteiger partial charge in [0.15, 0.2) is 0 Å². The summed E-state index contributed by atoms with van der Waals surface area (Å²) < 4.78 is 0. The van der Waals surface area contributed by atoms with Gasteiger partial charge in [-0.15, -0.1) is 11.3 Å². The number of thiophene rings is 1. The van der Waals surface area contributed by atoms with Crippen molar-refractivity contribution in [1.82, 2.24) is 15.0 Å². The van der Waals surface area contributed by atoms with Crippen LogP contribution in [0.25, 0.3) is 0 Å². The van der Waals surface area contributed by atoms with E-state index in [0.29, 0.717) is 5.95 Å². The molecule has 2 rings (SSSR count). The van der Waals surface area contributed by atoms with Crippen LogP contribution in [0, 0.1) is 0 Å². The fraction of sp³-hybridized carbons (Fsp3) is 0.364. The molecule has 0 aliphatic rings. The predicted molar refractivity (Wildman–Crippen MR) is 75.0 cm³/mol. The molecule has 0 aromatic carbocycles. The molecule has 0 saturated carbocycles. The number of hydrogen-bond donors (Lipinski definition) is 2. The molecule has 0 bridgehead atoms. The van der Waals surface area contributed by atoms with E-state index in [1.807, 2.05) is 11.4 Å². The average molecular weight is 284 g/mol. The van der Waals surface area contributed by atoms with E-state index < -0.39 is 0 Å². The minimum absolute atomic E-state index is 0.227. The average Bonchev–Trinajstić information content (AvgIpc) is 2.73. The lowest BCUT2D eigenvalue weighted by atomic mass is 10.1. The molecule has 1 atom stereocenters. The van der Waals surface area contributed by atoms with Crippen molar-refractivity contribution < 1.29 is 0 Å². The van der Waals surface area contributed by atoms with Gasteiger partial charge >= 0.3 is 0 Å². The predicted octanol–water partition coefficient (Wildman–Crippen LogP) is 2.60. The lowest BCUT2D eigenvalue weighted by molar-refractivity contribution is 0.703. The van der Waals surface area contributed by atoms with Gasteiger partial charge in [-0.3, -0.25) is 0 Å². The van der Waals surface area contributed by atoms with Crippen molar-refractivity contribution >= 4 is 34.8 Å². The summed E-state index contributed by atoms with van der Waals surface area (Å²) in [6.45, 7) is 2.08. The number of aromatic nitrogens is 3. The Kier molecular flexibility index (Phi) is 4.33. The molecule has 1 unspecified atom stereocenters. The third kappa shape index (κ3) is 3.82. The molecule has 3 N–H and O–H groups in total. The van der Waals surface area contributed by atoms with E-state index in [-0.39, 0.29) is 12.0 Å². The summed E-state index contributed by atoms with van der Waals surface area (Å²) >= 11 is 7.56. The maximum Gasteiger partial charge on any atom is 0.227 e. The Hall–Kier alpha value is -1.40. The van der Waals surface area contributed by atoms with Crippen molar-refractivity contribution in [2.45, 2.75) is 25.8 Å². The number of nitrogens with one attached hydrogen (secondary N) is 1. The molecule has 0 aliphatic carbocycles. The second-order valence-corrected chi connectivity index (χ2v) is 5.41. The molecule has 0 spiro atoms. The van der Waals surface area contributed by atoms with E-state index in [0.717, 1.165) is 17.9 Å². The summed E-state index contributed by atoms with van der Waals surface area (Å²) in [5.74, 6) is 0.740. The minimum atomic E-state index is 0.227. The zero-order valence-electron chi connectivity index (χ0n) is 9.93. The van der Waals surface area contributed by atoms with Gasteiger partial charge in [-0.25, -0.2) is 9.97 Å². The molecule has 0 fully saturated rings. The molecule has 2 aromatic heterocycles. The van der Waals surface area contributed by atoms with Crippen LogP contribution in [0.1, 0.15) is 18.2 Å². The summed E-state index contributed by atoms with van der Waals surface area (Å²) in [5.41, 5.74) is 5.49. The van der Waals surface area contributed by atoms with Crippen molar-refractivity contribution in [1.29, 1.82) is 0 Å². The van der Waals surface area contributed by atoms with E-state index in [4.69, 9.17) is 17.3 Å². The lowest BCUT2D eigenvalue weighted by Gasteiger charge is -2.12. The van der Waals surface area contributed by atoms with Crippen molar-refractivity contribution in [3.05, 3.63) is 27.7 Å². The van der Waals surface area contributed by atoms with Gasteiger partial charge in [0, 0.05) is 16.3 Å². The van der Waals surface area contributed by atoms with Crippen LogP contribution in [0.5, 0.6) is 0 Å². The highest BCUT2D eigenvalue weighted by atomic mass is 35.5. The van der Waals surface area contributed by atoms with Crippen molar-refractivity contribution in [2.24, 2.45) is 0 Å². The highest BCUT2D eigenvalue weighted by molar-refractivity contribution is 7.10. The fourth-order valence-corrected chi connectivity index (χ4v) is 2.61. The lowest BCUT2D eigenvalue weighted by Crippen LogP contribution is -2.18. The zero-order valence-corrected chi connectivity index (χ0v) is 11.5. The third-order valence-corrected chi connectivity index (χ3v) is 3.76. The summed E-state index contributed by atoms with van der Waals surface area (Å²) in [6.07, 6.45) is 3.35. The van der Waals surface area contributed by atoms with E-state index in [9.17, 15) is 0 Å². The van der Waals surface area contributed by atoms with Crippen molar-refractivity contribution in [3.8, 4) is 0 Å². The molecular weight excluding hydrogens is 270 g/mol. The van der Waals surface area contributed by atoms with Crippen molar-refractivity contribution in [2.75, 3.05) is 11.1 Å². The van der Waals surface area contributed by atoms with Gasteiger partial charge in [-0.05, 0) is 25.8 Å². The highest BCUT2D eigenvalue weighted by Crippen LogP contribution is 2.21. The molecule has 2 heterocycles. The molecule has 5 nitrogen and oxygen atoms in total. The Morgan fingerprint density at radius 1 is 1.50 bits per heavy atom. The molecular formula is C11H14ClN5S. The second-order valence-electron chi connectivity index (χ2n) is 3.98. The smallest absolute Gasteiger partial charge is 0.227 e. The Morgan fingerprint density at radius 3 is 3.00 bits per heavy atom. The first-order chi connectivity index (χ1) is 8.63. The Morgan fingerprint density at radius 2 is 2.33 bits per heavy atom. The highest BCUT2D eigenvalue weighted by Gasteiger charge is 2.06. The summed E-state index contributed by atoms with van der Waals surface area (Å²) in [7, 11) is 0. The zero-order chi connectivity index (χ0) is 13.0. The van der Waals surface area contributed by atoms with Crippen LogP contribution >= 0.6 is 22.9 Å². The molecule has 0 radical (unpaired) electrons. The summed E-state index contributed by atoms with van der Waals surface area (Å²) in [4.78, 5) is 13.0. The number of nitrogens with two attached hydrogens (primary N) is 1. The van der Waals surface area contributed by atoms with Crippen LogP contribution < -0.4 is 11.1 Å². The van der Waals surface area contributed by atoms with Crippen molar-refractivity contribution in [3.63, 3.8) is 0 Å². The molecule has 0 aliphatic heterocycles. The molecule has 96 valence electrons. The number of nitrogen functional groups attached to an aromatic ring is 1. The number of halogens is 1. The SMILES string of the molecule is CC(CCc1cc(Cl)cs1)Nc1ncnc(N)n1. The first-order valence-corrected chi connectivity index (χ1v) is 6.83. The van der Waals surface area contributed by atoms with E-state index in [1.165, 1.54) is 11.2 Å². The van der Waals surface area contributed by atoms with Gasteiger partial charge in [-0.1, -0.05) is 11.6 Å². The largest absolute Gasteiger partial charge is 0.368 e. The summed E-state index contributed by atoms with van der Waals surface area (Å²) in [6, 6.07) is 2.26. The number of hydrogen-bond acceptors (Lipinski definition) is 6. The van der Waals surface area contributed by atoms with Gasteiger partial charge in [0.25, 0.3) is 0 Å². The molecule has 0 amide bonds. The van der Waals surface area contributed by atoms with Crippen LogP contribution in [0.15, 0.2) is 17.8 Å². The first kappa shape index (κ1) is 13.0. The third-order valence-electron chi connectivity index (χ3n) is 2.41. The normalized spacial score (nSPS) is 12.3. The molecule has 7 heteroatoms. The van der Waals surface area contributed by atoms with E-state index in [1.54, 1.807) is 11.3 Å². The Labute approximate surface area is 114 Å². The monoisotopic (exact) mass is 283 g/mol. The topological polar surface area (TPSA) is 76.7 Å². The molecule has 18 heavy (non-hydrogen) atoms. The Bertz CT molecular complexity index is 516. The van der Waals surface area contributed by atoms with Crippen LogP contribution in [0.3, 0.4) is 0 Å². The first-order valence-electron chi connectivity index (χ1n) is 5.57. The van der Waals surface area contributed by atoms with Gasteiger partial charge < -0.3 is 11.1 Å². The standard InChI is InChI=1S/C11H14ClN5S/c1-7(2-3-9-4-8(12)5-18-9)16-11-15-6-14-10(13)17-11/h4-7H,2-3H2,1H3,(H3,13,14,15,16,17). The van der Waals surface area contributed by atoms with Gasteiger partial charge in [0.1, 0.15) is 6.33 Å². The van der Waals surface area contributed by atoms with Gasteiger partial charge in [0.2, 0.25) is 11.9 Å². The molecule has 0 saturated heterocycles. The van der Waals surface area contributed by atoms with Crippen LogP contribution in [-0.2, 0) is 6.42 Å². The molecule has 2 aromatic rings. The van der Waals surface area contributed by atoms with Crippen LogP contribution in [0.4, 0.5) is 11.9 Å². The quantitative estimate of drug-likeness (QED) is 0.882. The minimum Gasteiger partial charge on any atom is -0.368 e. The maximum atomic E-state index is 5.88. The van der Waals surface area contributed by atoms with Gasteiger partial charge in [-0.2, -0.15) is 4.98 Å². The number of anilines is 2.